The van der Waals surface area contributed by atoms with E-state index in [9.17, 15) is 0 Å². The molecule has 0 N–H and O–H groups in total. The number of thiophene rings is 1. The molecule has 0 aliphatic carbocycles. The van der Waals surface area contributed by atoms with E-state index in [4.69, 9.17) is 4.42 Å². The van der Waals surface area contributed by atoms with Crippen LogP contribution in [0.1, 0.15) is 0 Å². The Hall–Kier alpha value is -6.42. The molecule has 240 valence electrons. The van der Waals surface area contributed by atoms with Crippen molar-refractivity contribution in [1.82, 2.24) is 0 Å². The van der Waals surface area contributed by atoms with E-state index in [0.717, 1.165) is 33.8 Å². The van der Waals surface area contributed by atoms with Crippen LogP contribution in [0.3, 0.4) is 0 Å². The molecule has 0 spiro atoms. The summed E-state index contributed by atoms with van der Waals surface area (Å²) in [4.78, 5) is 2.37. The highest BCUT2D eigenvalue weighted by atomic mass is 32.1. The van der Waals surface area contributed by atoms with Crippen LogP contribution in [0, 0.1) is 0 Å². The van der Waals surface area contributed by atoms with E-state index in [-0.39, 0.29) is 0 Å². The zero-order chi connectivity index (χ0) is 33.7. The maximum atomic E-state index is 6.49. The number of anilines is 3. The molecule has 0 saturated carbocycles. The molecule has 0 radical (unpaired) electrons. The van der Waals surface area contributed by atoms with Gasteiger partial charge in [-0.05, 0) is 82.4 Å². The zero-order valence-electron chi connectivity index (χ0n) is 27.7. The Morgan fingerprint density at radius 3 is 1.71 bits per heavy atom. The van der Waals surface area contributed by atoms with Crippen LogP contribution >= 0.6 is 11.3 Å². The lowest BCUT2D eigenvalue weighted by molar-refractivity contribution is 0.669. The minimum atomic E-state index is 0.911. The van der Waals surface area contributed by atoms with Crippen molar-refractivity contribution in [1.29, 1.82) is 0 Å². The maximum Gasteiger partial charge on any atom is 0.136 e. The SMILES string of the molecule is c1ccc(-c2ccc(N(c3ccc(-c4cccc5oc6ccc7c8ccccc8sc7c6c45)cc3)c3ccccc3-c3ccccc3)cc2)cc1. The van der Waals surface area contributed by atoms with Gasteiger partial charge in [0, 0.05) is 47.9 Å². The van der Waals surface area contributed by atoms with Crippen molar-refractivity contribution in [3.05, 3.63) is 188 Å². The van der Waals surface area contributed by atoms with E-state index in [0.29, 0.717) is 0 Å². The van der Waals surface area contributed by atoms with Crippen LogP contribution in [0.25, 0.3) is 75.5 Å². The van der Waals surface area contributed by atoms with Gasteiger partial charge in [-0.1, -0.05) is 133 Å². The minimum Gasteiger partial charge on any atom is -0.456 e. The lowest BCUT2D eigenvalue weighted by Crippen LogP contribution is -2.11. The Balaban J connectivity index is 1.13. The average molecular weight is 670 g/mol. The smallest absolute Gasteiger partial charge is 0.136 e. The van der Waals surface area contributed by atoms with Crippen LogP contribution in [0.5, 0.6) is 0 Å². The molecular formula is C48H31NOS. The van der Waals surface area contributed by atoms with Gasteiger partial charge in [-0.25, -0.2) is 0 Å². The van der Waals surface area contributed by atoms with E-state index in [1.54, 1.807) is 0 Å². The first-order valence-electron chi connectivity index (χ1n) is 17.3. The second-order valence-corrected chi connectivity index (χ2v) is 13.9. The molecule has 0 fully saturated rings. The standard InChI is InChI=1S/C48H31NOS/c1-3-12-32(13-4-1)33-22-26-36(27-23-33)49(42-19-9-7-16-38(42)34-14-5-2-6-15-34)37-28-24-35(25-29-37)39-18-11-20-43-46(39)47-44(50-43)31-30-41-40-17-8-10-21-45(40)51-48(41)47/h1-31H. The predicted octanol–water partition coefficient (Wildman–Crippen LogP) is 14.4. The molecule has 0 saturated heterocycles. The van der Waals surface area contributed by atoms with E-state index in [2.05, 4.69) is 193 Å². The van der Waals surface area contributed by atoms with Crippen molar-refractivity contribution in [2.75, 3.05) is 4.90 Å². The summed E-state index contributed by atoms with van der Waals surface area (Å²) in [5, 5.41) is 4.94. The third-order valence-corrected chi connectivity index (χ3v) is 11.1. The molecule has 2 aromatic heterocycles. The quantitative estimate of drug-likeness (QED) is 0.175. The number of para-hydroxylation sites is 1. The highest BCUT2D eigenvalue weighted by Crippen LogP contribution is 2.46. The monoisotopic (exact) mass is 669 g/mol. The molecule has 0 aliphatic heterocycles. The van der Waals surface area contributed by atoms with Gasteiger partial charge in [0.15, 0.2) is 0 Å². The fourth-order valence-electron chi connectivity index (χ4n) is 7.51. The first-order valence-corrected chi connectivity index (χ1v) is 18.1. The molecule has 10 aromatic rings. The Kier molecular flexibility index (Phi) is 7.04. The second kappa shape index (κ2) is 12.2. The number of furan rings is 1. The fraction of sp³-hybridized carbons (Fsp3) is 0. The summed E-state index contributed by atoms with van der Waals surface area (Å²) in [6.07, 6.45) is 0. The Labute approximate surface area is 300 Å². The van der Waals surface area contributed by atoms with Gasteiger partial charge in [0.05, 0.1) is 5.69 Å². The second-order valence-electron chi connectivity index (χ2n) is 12.9. The summed E-state index contributed by atoms with van der Waals surface area (Å²) in [5.41, 5.74) is 12.2. The van der Waals surface area contributed by atoms with Crippen molar-refractivity contribution >= 4 is 70.5 Å². The molecule has 2 nitrogen and oxygen atoms in total. The highest BCUT2D eigenvalue weighted by Gasteiger charge is 2.20. The van der Waals surface area contributed by atoms with Gasteiger partial charge in [-0.3, -0.25) is 0 Å². The molecule has 3 heteroatoms. The third kappa shape index (κ3) is 5.01. The summed E-state index contributed by atoms with van der Waals surface area (Å²) >= 11 is 1.85. The molecule has 0 aliphatic rings. The number of fused-ring (bicyclic) bond motifs is 7. The normalized spacial score (nSPS) is 11.5. The molecule has 0 unspecified atom stereocenters. The largest absolute Gasteiger partial charge is 0.456 e. The molecule has 0 bridgehead atoms. The van der Waals surface area contributed by atoms with Crippen molar-refractivity contribution in [2.45, 2.75) is 0 Å². The lowest BCUT2D eigenvalue weighted by atomic mass is 9.97. The van der Waals surface area contributed by atoms with E-state index in [1.165, 1.54) is 58.8 Å². The van der Waals surface area contributed by atoms with Gasteiger partial charge in [-0.2, -0.15) is 0 Å². The number of benzene rings is 8. The summed E-state index contributed by atoms with van der Waals surface area (Å²) in [6, 6.07) is 67.2. The number of hydrogen-bond acceptors (Lipinski definition) is 3. The minimum absolute atomic E-state index is 0.911. The molecule has 0 atom stereocenters. The molecular weight excluding hydrogens is 639 g/mol. The third-order valence-electron chi connectivity index (χ3n) is 9.90. The first-order chi connectivity index (χ1) is 25.3. The van der Waals surface area contributed by atoms with Gasteiger partial charge < -0.3 is 9.32 Å². The van der Waals surface area contributed by atoms with Gasteiger partial charge >= 0.3 is 0 Å². The number of hydrogen-bond donors (Lipinski definition) is 0. The molecule has 8 aromatic carbocycles. The summed E-state index contributed by atoms with van der Waals surface area (Å²) in [5.74, 6) is 0. The fourth-order valence-corrected chi connectivity index (χ4v) is 8.75. The van der Waals surface area contributed by atoms with Crippen molar-refractivity contribution in [3.8, 4) is 33.4 Å². The van der Waals surface area contributed by atoms with Crippen LogP contribution < -0.4 is 4.90 Å². The van der Waals surface area contributed by atoms with Crippen LogP contribution in [-0.4, -0.2) is 0 Å². The number of rotatable bonds is 6. The summed E-state index contributed by atoms with van der Waals surface area (Å²) in [7, 11) is 0. The van der Waals surface area contributed by atoms with E-state index in [1.807, 2.05) is 11.3 Å². The van der Waals surface area contributed by atoms with E-state index < -0.39 is 0 Å². The molecule has 10 rings (SSSR count). The van der Waals surface area contributed by atoms with Gasteiger partial charge in [-0.15, -0.1) is 11.3 Å². The molecule has 51 heavy (non-hydrogen) atoms. The van der Waals surface area contributed by atoms with E-state index >= 15 is 0 Å². The van der Waals surface area contributed by atoms with Gasteiger partial charge in [0.25, 0.3) is 0 Å². The van der Waals surface area contributed by atoms with Crippen LogP contribution in [0.4, 0.5) is 17.1 Å². The first kappa shape index (κ1) is 29.5. The van der Waals surface area contributed by atoms with Crippen molar-refractivity contribution in [3.63, 3.8) is 0 Å². The summed E-state index contributed by atoms with van der Waals surface area (Å²) in [6.45, 7) is 0. The number of nitrogens with zero attached hydrogens (tertiary/aromatic N) is 1. The maximum absolute atomic E-state index is 6.49. The average Bonchev–Trinajstić information content (AvgIpc) is 3.78. The van der Waals surface area contributed by atoms with Crippen molar-refractivity contribution in [2.24, 2.45) is 0 Å². The lowest BCUT2D eigenvalue weighted by Gasteiger charge is -2.28. The van der Waals surface area contributed by atoms with Crippen LogP contribution in [-0.2, 0) is 0 Å². The van der Waals surface area contributed by atoms with Crippen LogP contribution in [0.15, 0.2) is 192 Å². The van der Waals surface area contributed by atoms with Gasteiger partial charge in [0.2, 0.25) is 0 Å². The Bertz CT molecular complexity index is 2830. The Morgan fingerprint density at radius 1 is 0.373 bits per heavy atom. The zero-order valence-corrected chi connectivity index (χ0v) is 28.5. The molecule has 2 heterocycles. The van der Waals surface area contributed by atoms with Crippen molar-refractivity contribution < 1.29 is 4.42 Å². The van der Waals surface area contributed by atoms with Crippen LogP contribution in [0.2, 0.25) is 0 Å². The van der Waals surface area contributed by atoms with Gasteiger partial charge in [0.1, 0.15) is 11.2 Å². The highest BCUT2D eigenvalue weighted by molar-refractivity contribution is 7.26. The topological polar surface area (TPSA) is 16.4 Å². The molecule has 0 amide bonds. The predicted molar refractivity (Wildman–Crippen MR) is 218 cm³/mol. The Morgan fingerprint density at radius 2 is 0.941 bits per heavy atom. The summed E-state index contributed by atoms with van der Waals surface area (Å²) < 4.78 is 9.06.